The SMILES string of the molecule is CCCCN1C(=O)C[C@@H](C(=O)Nc2ccc3c(c2)OCO3)[C@H]1c1ccc(OC)cc1. The monoisotopic (exact) mass is 410 g/mol. The minimum Gasteiger partial charge on any atom is -0.497 e. The third kappa shape index (κ3) is 3.92. The number of benzene rings is 2. The molecule has 1 N–H and O–H groups in total. The Bertz CT molecular complexity index is 928. The molecule has 2 amide bonds. The molecule has 2 atom stereocenters. The van der Waals surface area contributed by atoms with E-state index in [0.29, 0.717) is 23.7 Å². The van der Waals surface area contributed by atoms with Crippen LogP contribution in [0.4, 0.5) is 5.69 Å². The topological polar surface area (TPSA) is 77.1 Å². The Kier molecular flexibility index (Phi) is 5.79. The summed E-state index contributed by atoms with van der Waals surface area (Å²) in [6, 6.07) is 12.6. The number of unbranched alkanes of at least 4 members (excludes halogenated alkanes) is 1. The van der Waals surface area contributed by atoms with Gasteiger partial charge in [0, 0.05) is 24.7 Å². The Morgan fingerprint density at radius 1 is 1.17 bits per heavy atom. The van der Waals surface area contributed by atoms with Crippen molar-refractivity contribution in [3.05, 3.63) is 48.0 Å². The summed E-state index contributed by atoms with van der Waals surface area (Å²) in [4.78, 5) is 27.8. The largest absolute Gasteiger partial charge is 0.497 e. The molecular formula is C23H26N2O5. The fraction of sp³-hybridized carbons (Fsp3) is 0.391. The maximum Gasteiger partial charge on any atom is 0.231 e. The van der Waals surface area contributed by atoms with E-state index in [4.69, 9.17) is 14.2 Å². The summed E-state index contributed by atoms with van der Waals surface area (Å²) in [5, 5.41) is 2.96. The van der Waals surface area contributed by atoms with Gasteiger partial charge in [-0.05, 0) is 36.2 Å². The second-order valence-electron chi connectivity index (χ2n) is 7.53. The van der Waals surface area contributed by atoms with Crippen LogP contribution < -0.4 is 19.5 Å². The van der Waals surface area contributed by atoms with Crippen LogP contribution >= 0.6 is 0 Å². The Morgan fingerprint density at radius 3 is 2.67 bits per heavy atom. The molecule has 0 aromatic heterocycles. The van der Waals surface area contributed by atoms with Gasteiger partial charge in [0.15, 0.2) is 11.5 Å². The average molecular weight is 410 g/mol. The smallest absolute Gasteiger partial charge is 0.231 e. The van der Waals surface area contributed by atoms with Crippen LogP contribution in [0.3, 0.4) is 0 Å². The zero-order valence-electron chi connectivity index (χ0n) is 17.2. The van der Waals surface area contributed by atoms with Gasteiger partial charge in [0.1, 0.15) is 5.75 Å². The summed E-state index contributed by atoms with van der Waals surface area (Å²) >= 11 is 0. The van der Waals surface area contributed by atoms with Gasteiger partial charge in [-0.25, -0.2) is 0 Å². The van der Waals surface area contributed by atoms with Crippen LogP contribution in [0, 0.1) is 5.92 Å². The van der Waals surface area contributed by atoms with Gasteiger partial charge in [0.2, 0.25) is 18.6 Å². The first-order valence-corrected chi connectivity index (χ1v) is 10.2. The number of carbonyl (C=O) groups excluding carboxylic acids is 2. The van der Waals surface area contributed by atoms with Gasteiger partial charge in [-0.15, -0.1) is 0 Å². The van der Waals surface area contributed by atoms with Crippen LogP contribution in [-0.4, -0.2) is 37.2 Å². The summed E-state index contributed by atoms with van der Waals surface area (Å²) < 4.78 is 16.0. The molecule has 2 aromatic carbocycles. The van der Waals surface area contributed by atoms with Crippen LogP contribution in [0.2, 0.25) is 0 Å². The van der Waals surface area contributed by atoms with Crippen LogP contribution in [0.5, 0.6) is 17.2 Å². The minimum atomic E-state index is -0.479. The first-order chi connectivity index (χ1) is 14.6. The van der Waals surface area contributed by atoms with Gasteiger partial charge in [0.05, 0.1) is 19.1 Å². The number of rotatable bonds is 7. The second-order valence-corrected chi connectivity index (χ2v) is 7.53. The fourth-order valence-electron chi connectivity index (χ4n) is 4.04. The molecule has 2 aliphatic rings. The van der Waals surface area contributed by atoms with E-state index in [-0.39, 0.29) is 31.1 Å². The van der Waals surface area contributed by atoms with E-state index < -0.39 is 5.92 Å². The molecule has 2 aromatic rings. The number of fused-ring (bicyclic) bond motifs is 1. The maximum atomic E-state index is 13.2. The van der Waals surface area contributed by atoms with Crippen LogP contribution in [0.25, 0.3) is 0 Å². The number of hydrogen-bond acceptors (Lipinski definition) is 5. The third-order valence-corrected chi connectivity index (χ3v) is 5.62. The number of amides is 2. The molecule has 7 heteroatoms. The van der Waals surface area contributed by atoms with Crippen molar-refractivity contribution in [3.63, 3.8) is 0 Å². The first-order valence-electron chi connectivity index (χ1n) is 10.2. The number of hydrogen-bond donors (Lipinski definition) is 1. The summed E-state index contributed by atoms with van der Waals surface area (Å²) in [5.74, 6) is 1.35. The lowest BCUT2D eigenvalue weighted by molar-refractivity contribution is -0.129. The van der Waals surface area contributed by atoms with Crippen LogP contribution in [0.15, 0.2) is 42.5 Å². The lowest BCUT2D eigenvalue weighted by atomic mass is 9.92. The minimum absolute atomic E-state index is 0.00936. The summed E-state index contributed by atoms with van der Waals surface area (Å²) in [7, 11) is 1.61. The molecule has 0 spiro atoms. The van der Waals surface area contributed by atoms with Gasteiger partial charge < -0.3 is 24.4 Å². The summed E-state index contributed by atoms with van der Waals surface area (Å²) in [6.07, 6.45) is 2.07. The number of methoxy groups -OCH3 is 1. The molecular weight excluding hydrogens is 384 g/mol. The van der Waals surface area contributed by atoms with Gasteiger partial charge in [0.25, 0.3) is 0 Å². The maximum absolute atomic E-state index is 13.2. The number of ether oxygens (including phenoxy) is 3. The lowest BCUT2D eigenvalue weighted by Crippen LogP contribution is -2.33. The molecule has 4 rings (SSSR count). The zero-order chi connectivity index (χ0) is 21.1. The van der Waals surface area contributed by atoms with E-state index >= 15 is 0 Å². The molecule has 2 aliphatic heterocycles. The third-order valence-electron chi connectivity index (χ3n) is 5.62. The number of carbonyl (C=O) groups is 2. The van der Waals surface area contributed by atoms with E-state index in [0.717, 1.165) is 24.2 Å². The number of likely N-dealkylation sites (tertiary alicyclic amines) is 1. The standard InChI is InChI=1S/C23H26N2O5/c1-3-4-11-25-21(26)13-18(22(25)15-5-8-17(28-2)9-6-15)23(27)24-16-7-10-19-20(12-16)30-14-29-19/h5-10,12,18,22H,3-4,11,13-14H2,1-2H3,(H,24,27)/t18-,22-/m1/s1. The van der Waals surface area contributed by atoms with Crippen LogP contribution in [-0.2, 0) is 9.59 Å². The van der Waals surface area contributed by atoms with E-state index in [9.17, 15) is 9.59 Å². The molecule has 158 valence electrons. The molecule has 1 fully saturated rings. The number of nitrogens with one attached hydrogen (secondary N) is 1. The van der Waals surface area contributed by atoms with Crippen molar-refractivity contribution in [1.29, 1.82) is 0 Å². The summed E-state index contributed by atoms with van der Waals surface area (Å²) in [6.45, 7) is 2.91. The average Bonchev–Trinajstić information content (AvgIpc) is 3.36. The van der Waals surface area contributed by atoms with Gasteiger partial charge in [-0.3, -0.25) is 9.59 Å². The molecule has 0 bridgehead atoms. The molecule has 1 saturated heterocycles. The highest BCUT2D eigenvalue weighted by Crippen LogP contribution is 2.40. The van der Waals surface area contributed by atoms with Crippen molar-refractivity contribution in [1.82, 2.24) is 4.90 Å². The van der Waals surface area contributed by atoms with Gasteiger partial charge in [-0.1, -0.05) is 25.5 Å². The van der Waals surface area contributed by atoms with E-state index in [1.54, 1.807) is 25.3 Å². The molecule has 0 saturated carbocycles. The predicted molar refractivity (Wildman–Crippen MR) is 112 cm³/mol. The Balaban J connectivity index is 1.58. The van der Waals surface area contributed by atoms with Crippen LogP contribution in [0.1, 0.15) is 37.8 Å². The lowest BCUT2D eigenvalue weighted by Gasteiger charge is -2.28. The molecule has 0 unspecified atom stereocenters. The molecule has 0 aliphatic carbocycles. The highest BCUT2D eigenvalue weighted by atomic mass is 16.7. The fourth-order valence-corrected chi connectivity index (χ4v) is 4.04. The van der Waals surface area contributed by atoms with E-state index in [1.165, 1.54) is 0 Å². The Labute approximate surface area is 175 Å². The van der Waals surface area contributed by atoms with Gasteiger partial charge in [-0.2, -0.15) is 0 Å². The van der Waals surface area contributed by atoms with Gasteiger partial charge >= 0.3 is 0 Å². The Hall–Kier alpha value is -3.22. The quantitative estimate of drug-likeness (QED) is 0.752. The summed E-state index contributed by atoms with van der Waals surface area (Å²) in [5.41, 5.74) is 1.56. The predicted octanol–water partition coefficient (Wildman–Crippen LogP) is 3.75. The molecule has 2 heterocycles. The molecule has 0 radical (unpaired) electrons. The molecule has 30 heavy (non-hydrogen) atoms. The van der Waals surface area contributed by atoms with Crippen molar-refractivity contribution < 1.29 is 23.8 Å². The normalized spacial score (nSPS) is 19.8. The van der Waals surface area contributed by atoms with Crippen molar-refractivity contribution in [2.45, 2.75) is 32.2 Å². The van der Waals surface area contributed by atoms with Crippen molar-refractivity contribution in [2.24, 2.45) is 5.92 Å². The Morgan fingerprint density at radius 2 is 1.93 bits per heavy atom. The first kappa shape index (κ1) is 20.1. The second kappa shape index (κ2) is 8.65. The van der Waals surface area contributed by atoms with E-state index in [1.807, 2.05) is 29.2 Å². The van der Waals surface area contributed by atoms with Crippen molar-refractivity contribution in [3.8, 4) is 17.2 Å². The van der Waals surface area contributed by atoms with Crippen molar-refractivity contribution >= 4 is 17.5 Å². The molecule has 7 nitrogen and oxygen atoms in total. The zero-order valence-corrected chi connectivity index (χ0v) is 17.2. The van der Waals surface area contributed by atoms with Crippen molar-refractivity contribution in [2.75, 3.05) is 25.8 Å². The number of anilines is 1. The van der Waals surface area contributed by atoms with E-state index in [2.05, 4.69) is 12.2 Å². The highest BCUT2D eigenvalue weighted by Gasteiger charge is 2.44. The number of nitrogens with zero attached hydrogens (tertiary/aromatic N) is 1. The highest BCUT2D eigenvalue weighted by molar-refractivity contribution is 5.98.